The summed E-state index contributed by atoms with van der Waals surface area (Å²) in [6.07, 6.45) is -5.86. The topological polar surface area (TPSA) is 188 Å². The van der Waals surface area contributed by atoms with Crippen LogP contribution in [0.25, 0.3) is 0 Å². The van der Waals surface area contributed by atoms with Crippen LogP contribution in [0.5, 0.6) is 0 Å². The normalized spacial score (nSPS) is 22.3. The first kappa shape index (κ1) is 25.7. The third-order valence-corrected chi connectivity index (χ3v) is 5.29. The summed E-state index contributed by atoms with van der Waals surface area (Å²) in [5.41, 5.74) is 0.938. The lowest BCUT2D eigenvalue weighted by Crippen LogP contribution is -2.62. The van der Waals surface area contributed by atoms with Gasteiger partial charge in [0.2, 0.25) is 11.8 Å². The van der Waals surface area contributed by atoms with Crippen molar-refractivity contribution in [2.24, 2.45) is 0 Å². The van der Waals surface area contributed by atoms with Crippen LogP contribution in [-0.2, 0) is 20.8 Å². The average molecular weight is 453 g/mol. The van der Waals surface area contributed by atoms with Gasteiger partial charge in [-0.15, -0.1) is 0 Å². The lowest BCUT2D eigenvalue weighted by molar-refractivity contribution is -0.148. The third-order valence-electron chi connectivity index (χ3n) is 5.29. The Kier molecular flexibility index (Phi) is 10.0. The van der Waals surface area contributed by atoms with Gasteiger partial charge in [-0.25, -0.2) is 0 Å². The molecule has 32 heavy (non-hydrogen) atoms. The van der Waals surface area contributed by atoms with Crippen LogP contribution in [0.4, 0.5) is 0 Å². The van der Waals surface area contributed by atoms with E-state index in [1.807, 2.05) is 30.3 Å². The van der Waals surface area contributed by atoms with Crippen molar-refractivity contribution in [3.05, 3.63) is 35.9 Å². The van der Waals surface area contributed by atoms with Crippen molar-refractivity contribution in [2.45, 2.75) is 62.2 Å². The Hall–Kier alpha value is -2.57. The molecule has 0 unspecified atom stereocenters. The first-order valence-electron chi connectivity index (χ1n) is 10.5. The van der Waals surface area contributed by atoms with E-state index in [-0.39, 0.29) is 18.4 Å². The highest BCUT2D eigenvalue weighted by Crippen LogP contribution is 2.10. The maximum atomic E-state index is 12.3. The average Bonchev–Trinajstić information content (AvgIpc) is 2.80. The van der Waals surface area contributed by atoms with E-state index in [0.29, 0.717) is 25.7 Å². The van der Waals surface area contributed by atoms with Gasteiger partial charge in [0.15, 0.2) is 6.10 Å². The lowest BCUT2D eigenvalue weighted by atomic mass is 10.00. The maximum absolute atomic E-state index is 12.3. The van der Waals surface area contributed by atoms with Crippen LogP contribution < -0.4 is 16.0 Å². The molecular weight excluding hydrogens is 422 g/mol. The van der Waals surface area contributed by atoms with Gasteiger partial charge in [0.05, 0.1) is 6.61 Å². The van der Waals surface area contributed by atoms with E-state index in [2.05, 4.69) is 16.0 Å². The number of amides is 3. The highest BCUT2D eigenvalue weighted by Gasteiger charge is 2.34. The summed E-state index contributed by atoms with van der Waals surface area (Å²) >= 11 is 0. The minimum absolute atomic E-state index is 0.125. The van der Waals surface area contributed by atoms with Crippen LogP contribution in [0.3, 0.4) is 0 Å². The Bertz CT molecular complexity index is 763. The summed E-state index contributed by atoms with van der Waals surface area (Å²) in [7, 11) is 0. The van der Waals surface area contributed by atoms with Crippen molar-refractivity contribution >= 4 is 17.7 Å². The number of unbranched alkanes of at least 4 members (excludes halogenated alkanes) is 1. The smallest absolute Gasteiger partial charge is 0.251 e. The number of nitrogens with one attached hydrogen (secondary N) is 3. The molecule has 178 valence electrons. The highest BCUT2D eigenvalue weighted by molar-refractivity contribution is 5.97. The Morgan fingerprint density at radius 2 is 1.56 bits per heavy atom. The Balaban J connectivity index is 1.68. The quantitative estimate of drug-likeness (QED) is 0.153. The monoisotopic (exact) mass is 453 g/mol. The molecule has 6 atom stereocenters. The molecule has 1 aliphatic rings. The van der Waals surface area contributed by atoms with Gasteiger partial charge in [-0.2, -0.15) is 0 Å². The number of aliphatic hydroxyl groups excluding tert-OH is 5. The van der Waals surface area contributed by atoms with Crippen molar-refractivity contribution in [3.8, 4) is 0 Å². The standard InChI is InChI=1S/C21H31N3O8/c25-11-15(26)16(27)17(28)18(29)21(32)22-9-5-4-8-13-19(30)24-14(20(31)23-13)10-12-6-2-1-3-7-12/h1-3,6-7,13-18,25-29H,4-5,8-11H2,(H,22,32)(H,23,31)(H,24,30)/t13-,14-,15+,16+,17-,18+/m0/s1. The fourth-order valence-electron chi connectivity index (χ4n) is 3.34. The number of rotatable bonds is 12. The zero-order valence-electron chi connectivity index (χ0n) is 17.6. The van der Waals surface area contributed by atoms with Gasteiger partial charge in [-0.05, 0) is 24.8 Å². The van der Waals surface area contributed by atoms with Crippen molar-refractivity contribution < 1.29 is 39.9 Å². The van der Waals surface area contributed by atoms with E-state index < -0.39 is 49.0 Å². The van der Waals surface area contributed by atoms with Crippen LogP contribution >= 0.6 is 0 Å². The van der Waals surface area contributed by atoms with E-state index >= 15 is 0 Å². The molecule has 1 aromatic rings. The molecule has 1 fully saturated rings. The number of benzene rings is 1. The first-order chi connectivity index (χ1) is 15.2. The number of carbonyl (C=O) groups is 3. The zero-order chi connectivity index (χ0) is 23.7. The second-order valence-corrected chi connectivity index (χ2v) is 7.77. The number of hydrogen-bond acceptors (Lipinski definition) is 8. The Morgan fingerprint density at radius 3 is 2.22 bits per heavy atom. The van der Waals surface area contributed by atoms with Gasteiger partial charge in [0.1, 0.15) is 30.4 Å². The lowest BCUT2D eigenvalue weighted by Gasteiger charge is -2.29. The first-order valence-corrected chi connectivity index (χ1v) is 10.5. The molecule has 0 aliphatic carbocycles. The molecule has 0 aromatic heterocycles. The van der Waals surface area contributed by atoms with Crippen LogP contribution in [0, 0.1) is 0 Å². The maximum Gasteiger partial charge on any atom is 0.251 e. The second kappa shape index (κ2) is 12.5. The zero-order valence-corrected chi connectivity index (χ0v) is 17.6. The SMILES string of the molecule is O=C1N[C@@H](Cc2ccccc2)C(=O)N[C@H]1CCCCNC(=O)[C@H](O)[C@@H](O)[C@H](O)[C@H](O)CO. The van der Waals surface area contributed by atoms with E-state index in [4.69, 9.17) is 5.11 Å². The molecule has 1 aromatic carbocycles. The molecule has 0 bridgehead atoms. The molecule has 0 spiro atoms. The summed E-state index contributed by atoms with van der Waals surface area (Å²) in [6, 6.07) is 8.05. The summed E-state index contributed by atoms with van der Waals surface area (Å²) in [4.78, 5) is 36.5. The summed E-state index contributed by atoms with van der Waals surface area (Å²) < 4.78 is 0. The molecular formula is C21H31N3O8. The van der Waals surface area contributed by atoms with Gasteiger partial charge < -0.3 is 41.5 Å². The molecule has 1 aliphatic heterocycles. The Labute approximate surface area is 185 Å². The van der Waals surface area contributed by atoms with Gasteiger partial charge in [0.25, 0.3) is 5.91 Å². The molecule has 0 saturated carbocycles. The van der Waals surface area contributed by atoms with E-state index in [9.17, 15) is 34.8 Å². The molecule has 11 nitrogen and oxygen atoms in total. The van der Waals surface area contributed by atoms with Crippen LogP contribution in [0.15, 0.2) is 30.3 Å². The number of aliphatic hydroxyl groups is 5. The highest BCUT2D eigenvalue weighted by atomic mass is 16.4. The summed E-state index contributed by atoms with van der Waals surface area (Å²) in [5.74, 6) is -1.48. The van der Waals surface area contributed by atoms with Crippen LogP contribution in [0.2, 0.25) is 0 Å². The second-order valence-electron chi connectivity index (χ2n) is 7.77. The molecule has 2 rings (SSSR count). The number of hydrogen-bond donors (Lipinski definition) is 8. The summed E-state index contributed by atoms with van der Waals surface area (Å²) in [6.45, 7) is -0.717. The molecule has 8 N–H and O–H groups in total. The van der Waals surface area contributed by atoms with Gasteiger partial charge >= 0.3 is 0 Å². The van der Waals surface area contributed by atoms with Crippen LogP contribution in [0.1, 0.15) is 24.8 Å². The van der Waals surface area contributed by atoms with E-state index in [1.165, 1.54) is 0 Å². The molecule has 0 radical (unpaired) electrons. The predicted molar refractivity (Wildman–Crippen MR) is 112 cm³/mol. The third kappa shape index (κ3) is 7.24. The molecule has 11 heteroatoms. The largest absolute Gasteiger partial charge is 0.394 e. The molecule has 3 amide bonds. The summed E-state index contributed by atoms with van der Waals surface area (Å²) in [5, 5.41) is 54.8. The fourth-order valence-corrected chi connectivity index (χ4v) is 3.34. The van der Waals surface area contributed by atoms with Crippen molar-refractivity contribution in [1.82, 2.24) is 16.0 Å². The van der Waals surface area contributed by atoms with Gasteiger partial charge in [-0.3, -0.25) is 14.4 Å². The molecule has 1 saturated heterocycles. The van der Waals surface area contributed by atoms with Gasteiger partial charge in [-0.1, -0.05) is 30.3 Å². The van der Waals surface area contributed by atoms with Crippen molar-refractivity contribution in [1.29, 1.82) is 0 Å². The predicted octanol–water partition coefficient (Wildman–Crippen LogP) is -3.07. The van der Waals surface area contributed by atoms with Crippen molar-refractivity contribution in [3.63, 3.8) is 0 Å². The van der Waals surface area contributed by atoms with E-state index in [0.717, 1.165) is 5.56 Å². The van der Waals surface area contributed by atoms with Gasteiger partial charge in [0, 0.05) is 13.0 Å². The molecule has 1 heterocycles. The van der Waals surface area contributed by atoms with Crippen molar-refractivity contribution in [2.75, 3.05) is 13.2 Å². The number of carbonyl (C=O) groups excluding carboxylic acids is 3. The Morgan fingerprint density at radius 1 is 0.938 bits per heavy atom. The fraction of sp³-hybridized carbons (Fsp3) is 0.571. The van der Waals surface area contributed by atoms with Crippen LogP contribution in [-0.4, -0.2) is 92.9 Å². The minimum Gasteiger partial charge on any atom is -0.394 e. The number of piperazine rings is 1. The van der Waals surface area contributed by atoms with E-state index in [1.54, 1.807) is 0 Å². The minimum atomic E-state index is -1.99.